The summed E-state index contributed by atoms with van der Waals surface area (Å²) in [6, 6.07) is 10.8. The number of halogens is 1. The van der Waals surface area contributed by atoms with Crippen LogP contribution < -0.4 is 4.72 Å². The minimum absolute atomic E-state index is 0.263. The standard InChI is InChI=1S/C16H18BrNO2S/c1-11-7-12(2)16(13(3)8-11)10-18-21(19,20)15-6-4-5-14(17)9-15/h4-9,18H,10H2,1-3H3. The molecule has 3 nitrogen and oxygen atoms in total. The lowest BCUT2D eigenvalue weighted by Crippen LogP contribution is -2.24. The average Bonchev–Trinajstić information content (AvgIpc) is 2.37. The van der Waals surface area contributed by atoms with E-state index in [0.717, 1.165) is 21.2 Å². The summed E-state index contributed by atoms with van der Waals surface area (Å²) in [6.07, 6.45) is 0. The average molecular weight is 368 g/mol. The third-order valence-electron chi connectivity index (χ3n) is 3.39. The van der Waals surface area contributed by atoms with E-state index in [1.807, 2.05) is 20.8 Å². The van der Waals surface area contributed by atoms with Crippen LogP contribution in [0.3, 0.4) is 0 Å². The van der Waals surface area contributed by atoms with Gasteiger partial charge in [0.25, 0.3) is 0 Å². The van der Waals surface area contributed by atoms with Crippen molar-refractivity contribution < 1.29 is 8.42 Å². The molecule has 2 aromatic carbocycles. The second kappa shape index (κ2) is 6.30. The van der Waals surface area contributed by atoms with Crippen molar-refractivity contribution in [3.05, 3.63) is 63.1 Å². The van der Waals surface area contributed by atoms with Crippen molar-refractivity contribution in [2.24, 2.45) is 0 Å². The van der Waals surface area contributed by atoms with Crippen molar-refractivity contribution >= 4 is 26.0 Å². The molecule has 0 fully saturated rings. The summed E-state index contributed by atoms with van der Waals surface area (Å²) in [5.41, 5.74) is 4.41. The summed E-state index contributed by atoms with van der Waals surface area (Å²) in [7, 11) is -3.50. The van der Waals surface area contributed by atoms with Crippen LogP contribution in [0.25, 0.3) is 0 Å². The van der Waals surface area contributed by atoms with Gasteiger partial charge in [-0.2, -0.15) is 0 Å². The Kier molecular flexibility index (Phi) is 4.86. The number of sulfonamides is 1. The van der Waals surface area contributed by atoms with Gasteiger partial charge >= 0.3 is 0 Å². The maximum Gasteiger partial charge on any atom is 0.240 e. The molecule has 0 saturated heterocycles. The van der Waals surface area contributed by atoms with Crippen LogP contribution in [-0.4, -0.2) is 8.42 Å². The van der Waals surface area contributed by atoms with Crippen molar-refractivity contribution in [1.29, 1.82) is 0 Å². The first-order valence-corrected chi connectivity index (χ1v) is 8.89. The fraction of sp³-hybridized carbons (Fsp3) is 0.250. The number of hydrogen-bond acceptors (Lipinski definition) is 2. The van der Waals surface area contributed by atoms with Crippen LogP contribution in [0.2, 0.25) is 0 Å². The molecule has 112 valence electrons. The highest BCUT2D eigenvalue weighted by Crippen LogP contribution is 2.19. The summed E-state index contributed by atoms with van der Waals surface area (Å²) >= 11 is 3.29. The van der Waals surface area contributed by atoms with Crippen molar-refractivity contribution in [3.63, 3.8) is 0 Å². The normalized spacial score (nSPS) is 11.6. The molecule has 2 rings (SSSR count). The molecule has 2 aromatic rings. The van der Waals surface area contributed by atoms with Crippen molar-refractivity contribution in [2.75, 3.05) is 0 Å². The van der Waals surface area contributed by atoms with Crippen LogP contribution in [0.15, 0.2) is 45.8 Å². The van der Waals surface area contributed by atoms with Crippen LogP contribution in [-0.2, 0) is 16.6 Å². The van der Waals surface area contributed by atoms with E-state index in [4.69, 9.17) is 0 Å². The third-order valence-corrected chi connectivity index (χ3v) is 5.28. The molecule has 0 radical (unpaired) electrons. The number of rotatable bonds is 4. The lowest BCUT2D eigenvalue weighted by molar-refractivity contribution is 0.581. The van der Waals surface area contributed by atoms with E-state index in [1.165, 1.54) is 5.56 Å². The molecular formula is C16H18BrNO2S. The molecule has 0 bridgehead atoms. The number of nitrogens with one attached hydrogen (secondary N) is 1. The molecule has 0 atom stereocenters. The topological polar surface area (TPSA) is 46.2 Å². The summed E-state index contributed by atoms with van der Waals surface area (Å²) in [5.74, 6) is 0. The van der Waals surface area contributed by atoms with Gasteiger partial charge in [0, 0.05) is 11.0 Å². The monoisotopic (exact) mass is 367 g/mol. The lowest BCUT2D eigenvalue weighted by atomic mass is 10.0. The Hall–Kier alpha value is -1.17. The summed E-state index contributed by atoms with van der Waals surface area (Å²) in [6.45, 7) is 6.34. The van der Waals surface area contributed by atoms with Gasteiger partial charge in [0.15, 0.2) is 0 Å². The molecule has 0 heterocycles. The van der Waals surface area contributed by atoms with Crippen LogP contribution in [0, 0.1) is 20.8 Å². The molecule has 0 aliphatic rings. The van der Waals surface area contributed by atoms with Crippen molar-refractivity contribution in [2.45, 2.75) is 32.2 Å². The zero-order valence-electron chi connectivity index (χ0n) is 12.3. The van der Waals surface area contributed by atoms with Gasteiger partial charge in [0.2, 0.25) is 10.0 Å². The van der Waals surface area contributed by atoms with Gasteiger partial charge in [-0.05, 0) is 55.7 Å². The molecule has 0 saturated carbocycles. The van der Waals surface area contributed by atoms with Crippen molar-refractivity contribution in [1.82, 2.24) is 4.72 Å². The minimum atomic E-state index is -3.50. The Morgan fingerprint density at radius 3 is 2.24 bits per heavy atom. The second-order valence-corrected chi connectivity index (χ2v) is 7.84. The van der Waals surface area contributed by atoms with Gasteiger partial charge in [0.1, 0.15) is 0 Å². The van der Waals surface area contributed by atoms with Crippen LogP contribution in [0.1, 0.15) is 22.3 Å². The molecule has 1 N–H and O–H groups in total. The first kappa shape index (κ1) is 16.2. The van der Waals surface area contributed by atoms with E-state index in [2.05, 4.69) is 32.8 Å². The Morgan fingerprint density at radius 2 is 1.67 bits per heavy atom. The third kappa shape index (κ3) is 3.93. The fourth-order valence-corrected chi connectivity index (χ4v) is 3.97. The maximum atomic E-state index is 12.3. The van der Waals surface area contributed by atoms with Gasteiger partial charge in [-0.25, -0.2) is 13.1 Å². The fourth-order valence-electron chi connectivity index (χ4n) is 2.37. The van der Waals surface area contributed by atoms with E-state index in [9.17, 15) is 8.42 Å². The predicted molar refractivity (Wildman–Crippen MR) is 88.8 cm³/mol. The molecule has 0 aromatic heterocycles. The predicted octanol–water partition coefficient (Wildman–Crippen LogP) is 3.85. The van der Waals surface area contributed by atoms with E-state index in [1.54, 1.807) is 24.3 Å². The van der Waals surface area contributed by atoms with Crippen LogP contribution in [0.5, 0.6) is 0 Å². The molecule has 0 unspecified atom stereocenters. The highest BCUT2D eigenvalue weighted by atomic mass is 79.9. The Balaban J connectivity index is 2.24. The number of hydrogen-bond donors (Lipinski definition) is 1. The molecule has 21 heavy (non-hydrogen) atoms. The molecule has 5 heteroatoms. The Morgan fingerprint density at radius 1 is 1.05 bits per heavy atom. The molecule has 0 amide bonds. The van der Waals surface area contributed by atoms with E-state index in [0.29, 0.717) is 6.54 Å². The van der Waals surface area contributed by atoms with Gasteiger partial charge in [-0.1, -0.05) is 39.7 Å². The second-order valence-electron chi connectivity index (χ2n) is 5.16. The number of aryl methyl sites for hydroxylation is 3. The van der Waals surface area contributed by atoms with E-state index < -0.39 is 10.0 Å². The van der Waals surface area contributed by atoms with Gasteiger partial charge < -0.3 is 0 Å². The molecular weight excluding hydrogens is 350 g/mol. The van der Waals surface area contributed by atoms with E-state index >= 15 is 0 Å². The highest BCUT2D eigenvalue weighted by Gasteiger charge is 2.15. The first-order valence-electron chi connectivity index (χ1n) is 6.61. The minimum Gasteiger partial charge on any atom is -0.207 e. The van der Waals surface area contributed by atoms with Gasteiger partial charge in [-0.3, -0.25) is 0 Å². The van der Waals surface area contributed by atoms with E-state index in [-0.39, 0.29) is 4.90 Å². The Bertz CT molecular complexity index is 747. The van der Waals surface area contributed by atoms with Crippen LogP contribution >= 0.6 is 15.9 Å². The molecule has 0 aliphatic heterocycles. The quantitative estimate of drug-likeness (QED) is 0.891. The molecule has 0 spiro atoms. The van der Waals surface area contributed by atoms with Gasteiger partial charge in [-0.15, -0.1) is 0 Å². The zero-order chi connectivity index (χ0) is 15.6. The Labute approximate surface area is 134 Å². The van der Waals surface area contributed by atoms with Gasteiger partial charge in [0.05, 0.1) is 4.90 Å². The maximum absolute atomic E-state index is 12.3. The smallest absolute Gasteiger partial charge is 0.207 e. The first-order chi connectivity index (χ1) is 9.79. The van der Waals surface area contributed by atoms with Crippen LogP contribution in [0.4, 0.5) is 0 Å². The zero-order valence-corrected chi connectivity index (χ0v) is 14.7. The summed E-state index contributed by atoms with van der Waals surface area (Å²) < 4.78 is 28.0. The summed E-state index contributed by atoms with van der Waals surface area (Å²) in [4.78, 5) is 0.263. The largest absolute Gasteiger partial charge is 0.240 e. The SMILES string of the molecule is Cc1cc(C)c(CNS(=O)(=O)c2cccc(Br)c2)c(C)c1. The van der Waals surface area contributed by atoms with Crippen molar-refractivity contribution in [3.8, 4) is 0 Å². The number of benzene rings is 2. The summed E-state index contributed by atoms with van der Waals surface area (Å²) in [5, 5.41) is 0. The lowest BCUT2D eigenvalue weighted by Gasteiger charge is -2.13. The molecule has 0 aliphatic carbocycles. The highest BCUT2D eigenvalue weighted by molar-refractivity contribution is 9.10.